The smallest absolute Gasteiger partial charge is 0.317 e. The molecule has 0 heterocycles. The van der Waals surface area contributed by atoms with Crippen molar-refractivity contribution in [3.63, 3.8) is 0 Å². The highest BCUT2D eigenvalue weighted by Crippen LogP contribution is 2.25. The molecule has 0 atom stereocenters. The van der Waals surface area contributed by atoms with Crippen LogP contribution >= 0.6 is 27.5 Å². The van der Waals surface area contributed by atoms with E-state index in [9.17, 15) is 9.59 Å². The fraction of sp³-hybridized carbons (Fsp3) is 0.385. The van der Waals surface area contributed by atoms with Crippen LogP contribution < -0.4 is 5.32 Å². The van der Waals surface area contributed by atoms with Gasteiger partial charge in [0, 0.05) is 10.5 Å². The molecule has 0 spiro atoms. The van der Waals surface area contributed by atoms with Crippen molar-refractivity contribution in [1.82, 2.24) is 4.90 Å². The van der Waals surface area contributed by atoms with Gasteiger partial charge in [-0.05, 0) is 32.0 Å². The summed E-state index contributed by atoms with van der Waals surface area (Å²) in [5.41, 5.74) is 0.499. The zero-order valence-corrected chi connectivity index (χ0v) is 13.5. The number of halogens is 2. The predicted octanol–water partition coefficient (Wildman–Crippen LogP) is 2.84. The van der Waals surface area contributed by atoms with Crippen LogP contribution in [0.1, 0.15) is 13.8 Å². The van der Waals surface area contributed by atoms with Crippen LogP contribution in [0.3, 0.4) is 0 Å². The van der Waals surface area contributed by atoms with E-state index < -0.39 is 5.97 Å². The van der Waals surface area contributed by atoms with Crippen molar-refractivity contribution in [2.24, 2.45) is 0 Å². The average molecular weight is 364 g/mol. The van der Waals surface area contributed by atoms with Gasteiger partial charge in [-0.3, -0.25) is 14.5 Å². The lowest BCUT2D eigenvalue weighted by atomic mass is 10.3. The Morgan fingerprint density at radius 2 is 2.05 bits per heavy atom. The van der Waals surface area contributed by atoms with Gasteiger partial charge in [-0.25, -0.2) is 0 Å². The molecule has 0 aliphatic heterocycles. The van der Waals surface area contributed by atoms with Crippen LogP contribution in [0, 0.1) is 0 Å². The van der Waals surface area contributed by atoms with E-state index in [1.165, 1.54) is 0 Å². The highest BCUT2D eigenvalue weighted by Gasteiger charge is 2.17. The summed E-state index contributed by atoms with van der Waals surface area (Å²) < 4.78 is 0.815. The minimum absolute atomic E-state index is 0.00361. The molecule has 1 amide bonds. The minimum Gasteiger partial charge on any atom is -0.480 e. The summed E-state index contributed by atoms with van der Waals surface area (Å²) in [5, 5.41) is 11.9. The lowest BCUT2D eigenvalue weighted by Crippen LogP contribution is -2.41. The molecule has 1 aromatic carbocycles. The summed E-state index contributed by atoms with van der Waals surface area (Å²) >= 11 is 9.28. The van der Waals surface area contributed by atoms with Crippen LogP contribution in [0.5, 0.6) is 0 Å². The Hall–Kier alpha value is -1.11. The molecule has 1 aromatic rings. The van der Waals surface area contributed by atoms with Gasteiger partial charge in [0.1, 0.15) is 0 Å². The first kappa shape index (κ1) is 16.9. The molecule has 1 rings (SSSR count). The van der Waals surface area contributed by atoms with Crippen LogP contribution in [0.4, 0.5) is 5.69 Å². The molecular formula is C13H16BrClN2O3. The number of aliphatic carboxylic acids is 1. The number of carbonyl (C=O) groups is 2. The Bertz CT molecular complexity index is 508. The molecular weight excluding hydrogens is 348 g/mol. The van der Waals surface area contributed by atoms with E-state index in [1.54, 1.807) is 23.1 Å². The molecule has 5 nitrogen and oxygen atoms in total. The first-order chi connectivity index (χ1) is 9.29. The fourth-order valence-electron chi connectivity index (χ4n) is 1.56. The van der Waals surface area contributed by atoms with Gasteiger partial charge in [-0.15, -0.1) is 0 Å². The second-order valence-electron chi connectivity index (χ2n) is 4.56. The van der Waals surface area contributed by atoms with Crippen molar-refractivity contribution in [1.29, 1.82) is 0 Å². The number of hydrogen-bond donors (Lipinski definition) is 2. The third-order valence-electron chi connectivity index (χ3n) is 2.62. The molecule has 0 aromatic heterocycles. The van der Waals surface area contributed by atoms with E-state index >= 15 is 0 Å². The quantitative estimate of drug-likeness (QED) is 0.815. The average Bonchev–Trinajstić information content (AvgIpc) is 2.31. The monoisotopic (exact) mass is 362 g/mol. The highest BCUT2D eigenvalue weighted by atomic mass is 79.9. The topological polar surface area (TPSA) is 69.6 Å². The lowest BCUT2D eigenvalue weighted by Gasteiger charge is -2.23. The minimum atomic E-state index is -0.965. The molecule has 0 saturated heterocycles. The van der Waals surface area contributed by atoms with Gasteiger partial charge < -0.3 is 10.4 Å². The van der Waals surface area contributed by atoms with Gasteiger partial charge >= 0.3 is 5.97 Å². The summed E-state index contributed by atoms with van der Waals surface area (Å²) in [6.07, 6.45) is 0. The van der Waals surface area contributed by atoms with Crippen LogP contribution in [-0.4, -0.2) is 41.0 Å². The zero-order valence-electron chi connectivity index (χ0n) is 11.2. The molecule has 2 N–H and O–H groups in total. The van der Waals surface area contributed by atoms with Crippen LogP contribution in [0.25, 0.3) is 0 Å². The second-order valence-corrected chi connectivity index (χ2v) is 5.89. The van der Waals surface area contributed by atoms with E-state index in [2.05, 4.69) is 21.2 Å². The standard InChI is InChI=1S/C13H16BrClN2O3/c1-8(2)17(7-13(19)20)6-12(18)16-11-4-3-9(14)5-10(11)15/h3-5,8H,6-7H2,1-2H3,(H,16,18)(H,19,20). The second kappa shape index (κ2) is 7.61. The summed E-state index contributed by atoms with van der Waals surface area (Å²) in [4.78, 5) is 24.2. The third kappa shape index (κ3) is 5.48. The van der Waals surface area contributed by atoms with Crippen molar-refractivity contribution in [2.45, 2.75) is 19.9 Å². The Balaban J connectivity index is 2.68. The normalized spacial score (nSPS) is 10.9. The molecule has 110 valence electrons. The molecule has 0 aliphatic rings. The molecule has 20 heavy (non-hydrogen) atoms. The van der Waals surface area contributed by atoms with E-state index in [-0.39, 0.29) is 25.0 Å². The van der Waals surface area contributed by atoms with Crippen molar-refractivity contribution in [2.75, 3.05) is 18.4 Å². The van der Waals surface area contributed by atoms with Gasteiger partial charge in [0.05, 0.1) is 23.8 Å². The molecule has 0 unspecified atom stereocenters. The fourth-order valence-corrected chi connectivity index (χ4v) is 2.28. The predicted molar refractivity (Wildman–Crippen MR) is 82.1 cm³/mol. The summed E-state index contributed by atoms with van der Waals surface area (Å²) in [6, 6.07) is 5.08. The molecule has 0 aliphatic carbocycles. The van der Waals surface area contributed by atoms with Gasteiger partial charge in [0.15, 0.2) is 0 Å². The van der Waals surface area contributed by atoms with E-state index in [0.717, 1.165) is 4.47 Å². The summed E-state index contributed by atoms with van der Waals surface area (Å²) in [5.74, 6) is -1.27. The number of hydrogen-bond acceptors (Lipinski definition) is 3. The number of carbonyl (C=O) groups excluding carboxylic acids is 1. The Morgan fingerprint density at radius 1 is 1.40 bits per heavy atom. The number of benzene rings is 1. The van der Waals surface area contributed by atoms with E-state index in [0.29, 0.717) is 10.7 Å². The van der Waals surface area contributed by atoms with E-state index in [4.69, 9.17) is 16.7 Å². The molecule has 7 heteroatoms. The molecule has 0 fully saturated rings. The SMILES string of the molecule is CC(C)N(CC(=O)O)CC(=O)Nc1ccc(Br)cc1Cl. The first-order valence-corrected chi connectivity index (χ1v) is 7.17. The van der Waals surface area contributed by atoms with Gasteiger partial charge in [-0.1, -0.05) is 27.5 Å². The van der Waals surface area contributed by atoms with E-state index in [1.807, 2.05) is 13.8 Å². The maximum atomic E-state index is 11.9. The van der Waals surface area contributed by atoms with Crippen molar-refractivity contribution in [3.8, 4) is 0 Å². The maximum Gasteiger partial charge on any atom is 0.317 e. The molecule has 0 radical (unpaired) electrons. The van der Waals surface area contributed by atoms with Crippen LogP contribution in [0.2, 0.25) is 5.02 Å². The zero-order chi connectivity index (χ0) is 15.3. The first-order valence-electron chi connectivity index (χ1n) is 6.00. The molecule has 0 bridgehead atoms. The largest absolute Gasteiger partial charge is 0.480 e. The van der Waals surface area contributed by atoms with Crippen molar-refractivity contribution < 1.29 is 14.7 Å². The lowest BCUT2D eigenvalue weighted by molar-refractivity contribution is -0.139. The summed E-state index contributed by atoms with van der Waals surface area (Å²) in [6.45, 7) is 3.49. The van der Waals surface area contributed by atoms with Crippen LogP contribution in [0.15, 0.2) is 22.7 Å². The van der Waals surface area contributed by atoms with Gasteiger partial charge in [-0.2, -0.15) is 0 Å². The number of amides is 1. The number of anilines is 1. The number of nitrogens with one attached hydrogen (secondary N) is 1. The summed E-state index contributed by atoms with van der Waals surface area (Å²) in [7, 11) is 0. The van der Waals surface area contributed by atoms with Crippen molar-refractivity contribution >= 4 is 45.1 Å². The number of carboxylic acids is 1. The Kier molecular flexibility index (Phi) is 6.45. The number of nitrogens with zero attached hydrogens (tertiary/aromatic N) is 1. The van der Waals surface area contributed by atoms with Crippen LogP contribution in [-0.2, 0) is 9.59 Å². The third-order valence-corrected chi connectivity index (χ3v) is 3.43. The Labute approximate surface area is 131 Å². The Morgan fingerprint density at radius 3 is 2.55 bits per heavy atom. The highest BCUT2D eigenvalue weighted by molar-refractivity contribution is 9.10. The number of rotatable bonds is 6. The van der Waals surface area contributed by atoms with Crippen molar-refractivity contribution in [3.05, 3.63) is 27.7 Å². The van der Waals surface area contributed by atoms with Gasteiger partial charge in [0.25, 0.3) is 0 Å². The maximum absolute atomic E-state index is 11.9. The molecule has 0 saturated carbocycles. The van der Waals surface area contributed by atoms with Gasteiger partial charge in [0.2, 0.25) is 5.91 Å². The number of carboxylic acid groups (broad SMARTS) is 1.